The van der Waals surface area contributed by atoms with Crippen molar-refractivity contribution in [2.45, 2.75) is 38.8 Å². The zero-order valence-corrected chi connectivity index (χ0v) is 17.8. The summed E-state index contributed by atoms with van der Waals surface area (Å²) in [6, 6.07) is 8.61. The van der Waals surface area contributed by atoms with Crippen molar-refractivity contribution >= 4 is 10.9 Å². The molecule has 0 spiro atoms. The largest absolute Gasteiger partial charge is 0.497 e. The molecule has 4 heteroatoms. The fourth-order valence-electron chi connectivity index (χ4n) is 4.94. The third-order valence-electron chi connectivity index (χ3n) is 6.56. The molecule has 1 aromatic heterocycles. The third kappa shape index (κ3) is 4.10. The summed E-state index contributed by atoms with van der Waals surface area (Å²) in [4.78, 5) is 7.19. The summed E-state index contributed by atoms with van der Waals surface area (Å²) in [6.07, 6.45) is 8.66. The highest BCUT2D eigenvalue weighted by Crippen LogP contribution is 2.43. The van der Waals surface area contributed by atoms with Crippen LogP contribution in [-0.4, -0.2) is 42.7 Å². The molecule has 3 fully saturated rings. The Labute approximate surface area is 174 Å². The quantitative estimate of drug-likeness (QED) is 0.609. The number of ether oxygens (including phenoxy) is 2. The first-order valence-corrected chi connectivity index (χ1v) is 10.6. The number of nitrogens with zero attached hydrogens (tertiary/aromatic N) is 2. The summed E-state index contributed by atoms with van der Waals surface area (Å²) in [7, 11) is 1.71. The number of methoxy groups -OCH3 is 1. The van der Waals surface area contributed by atoms with Crippen LogP contribution in [0.4, 0.5) is 0 Å². The van der Waals surface area contributed by atoms with E-state index in [0.29, 0.717) is 24.5 Å². The number of hydrogen-bond acceptors (Lipinski definition) is 4. The monoisotopic (exact) mass is 392 g/mol. The molecule has 29 heavy (non-hydrogen) atoms. The van der Waals surface area contributed by atoms with Gasteiger partial charge in [0.05, 0.1) is 25.3 Å². The highest BCUT2D eigenvalue weighted by Gasteiger charge is 2.43. The molecular weight excluding hydrogens is 360 g/mol. The highest BCUT2D eigenvalue weighted by molar-refractivity contribution is 5.84. The smallest absolute Gasteiger partial charge is 0.119 e. The second-order valence-electron chi connectivity index (χ2n) is 8.56. The van der Waals surface area contributed by atoms with Gasteiger partial charge in [0.15, 0.2) is 0 Å². The topological polar surface area (TPSA) is 34.6 Å². The molecule has 3 aliphatic heterocycles. The van der Waals surface area contributed by atoms with Crippen molar-refractivity contribution in [2.75, 3.05) is 26.8 Å². The van der Waals surface area contributed by atoms with E-state index in [0.717, 1.165) is 36.2 Å². The van der Waals surface area contributed by atoms with E-state index in [-0.39, 0.29) is 6.10 Å². The predicted molar refractivity (Wildman–Crippen MR) is 118 cm³/mol. The molecule has 2 bridgehead atoms. The van der Waals surface area contributed by atoms with Crippen LogP contribution < -0.4 is 4.74 Å². The summed E-state index contributed by atoms with van der Waals surface area (Å²) in [6.45, 7) is 11.2. The van der Waals surface area contributed by atoms with E-state index in [1.807, 2.05) is 18.3 Å². The number of allylic oxidation sites excluding steroid dienone is 1. The predicted octanol–water partition coefficient (Wildman–Crippen LogP) is 5.16. The standard InChI is InChI=1S/C25H32N2O2/c1-5-18-16-27-12-9-19(18)14-24(27)25(29-13-10-17(2)3)21-8-11-26-23-7-6-20(28-4)15-22(21)23/h5-8,10-11,15,18-19,24-25H,1,9,12-14,16H2,2-4H3/t18-,19?,24-,25+/m0/s1. The van der Waals surface area contributed by atoms with E-state index in [2.05, 4.69) is 54.6 Å². The minimum Gasteiger partial charge on any atom is -0.497 e. The van der Waals surface area contributed by atoms with E-state index in [9.17, 15) is 0 Å². The molecule has 4 heterocycles. The van der Waals surface area contributed by atoms with Gasteiger partial charge in [0.1, 0.15) is 5.75 Å². The molecule has 4 nitrogen and oxygen atoms in total. The van der Waals surface area contributed by atoms with Gasteiger partial charge in [-0.15, -0.1) is 6.58 Å². The van der Waals surface area contributed by atoms with Crippen molar-refractivity contribution in [1.29, 1.82) is 0 Å². The van der Waals surface area contributed by atoms with Gasteiger partial charge >= 0.3 is 0 Å². The number of benzene rings is 1. The molecule has 5 rings (SSSR count). The molecular formula is C25H32N2O2. The van der Waals surface area contributed by atoms with Crippen LogP contribution in [0.15, 0.2) is 54.8 Å². The number of aromatic nitrogens is 1. The van der Waals surface area contributed by atoms with Crippen LogP contribution in [-0.2, 0) is 4.74 Å². The van der Waals surface area contributed by atoms with Gasteiger partial charge < -0.3 is 9.47 Å². The number of hydrogen-bond donors (Lipinski definition) is 0. The molecule has 2 unspecified atom stereocenters. The molecule has 3 saturated heterocycles. The number of rotatable bonds is 7. The zero-order valence-electron chi connectivity index (χ0n) is 17.8. The Balaban J connectivity index is 1.73. The fourth-order valence-corrected chi connectivity index (χ4v) is 4.94. The van der Waals surface area contributed by atoms with Crippen molar-refractivity contribution in [3.63, 3.8) is 0 Å². The Bertz CT molecular complexity index is 903. The van der Waals surface area contributed by atoms with Gasteiger partial charge in [0.2, 0.25) is 0 Å². The van der Waals surface area contributed by atoms with Gasteiger partial charge in [-0.3, -0.25) is 9.88 Å². The Morgan fingerprint density at radius 2 is 2.21 bits per heavy atom. The molecule has 154 valence electrons. The maximum Gasteiger partial charge on any atom is 0.119 e. The number of pyridine rings is 1. The van der Waals surface area contributed by atoms with Crippen LogP contribution in [0.2, 0.25) is 0 Å². The molecule has 0 radical (unpaired) electrons. The lowest BCUT2D eigenvalue weighted by Crippen LogP contribution is -2.55. The Morgan fingerprint density at radius 3 is 2.90 bits per heavy atom. The van der Waals surface area contributed by atoms with Gasteiger partial charge in [-0.2, -0.15) is 0 Å². The first-order chi connectivity index (χ1) is 14.1. The minimum atomic E-state index is 0.0109. The SMILES string of the molecule is C=C[C@H]1CN2CCC1C[C@H]2[C@H](OCC=C(C)C)c1ccnc2ccc(OC)cc12. The van der Waals surface area contributed by atoms with Crippen LogP contribution >= 0.6 is 0 Å². The van der Waals surface area contributed by atoms with E-state index in [1.54, 1.807) is 7.11 Å². The van der Waals surface area contributed by atoms with Crippen molar-refractivity contribution in [2.24, 2.45) is 11.8 Å². The van der Waals surface area contributed by atoms with Gasteiger partial charge in [0.25, 0.3) is 0 Å². The molecule has 3 aliphatic rings. The maximum absolute atomic E-state index is 6.57. The van der Waals surface area contributed by atoms with Crippen LogP contribution in [0.1, 0.15) is 38.4 Å². The Morgan fingerprint density at radius 1 is 1.34 bits per heavy atom. The summed E-state index contributed by atoms with van der Waals surface area (Å²) in [5, 5.41) is 1.12. The minimum absolute atomic E-state index is 0.0109. The van der Waals surface area contributed by atoms with Crippen molar-refractivity contribution in [1.82, 2.24) is 9.88 Å². The second-order valence-corrected chi connectivity index (χ2v) is 8.56. The van der Waals surface area contributed by atoms with Crippen LogP contribution in [0, 0.1) is 11.8 Å². The summed E-state index contributed by atoms with van der Waals surface area (Å²) < 4.78 is 12.1. The molecule has 1 aromatic carbocycles. The molecule has 0 N–H and O–H groups in total. The fraction of sp³-hybridized carbons (Fsp3) is 0.480. The van der Waals surface area contributed by atoms with Gasteiger partial charge in [-0.25, -0.2) is 0 Å². The average Bonchev–Trinajstić information content (AvgIpc) is 2.76. The summed E-state index contributed by atoms with van der Waals surface area (Å²) >= 11 is 0. The van der Waals surface area contributed by atoms with Gasteiger partial charge in [-0.05, 0) is 74.9 Å². The Hall–Kier alpha value is -2.17. The zero-order chi connectivity index (χ0) is 20.4. The first kappa shape index (κ1) is 20.1. The number of piperidine rings is 3. The highest BCUT2D eigenvalue weighted by atomic mass is 16.5. The summed E-state index contributed by atoms with van der Waals surface area (Å²) in [5.74, 6) is 2.17. The third-order valence-corrected chi connectivity index (χ3v) is 6.56. The average molecular weight is 393 g/mol. The maximum atomic E-state index is 6.57. The number of fused-ring (bicyclic) bond motifs is 4. The van der Waals surface area contributed by atoms with Crippen LogP contribution in [0.3, 0.4) is 0 Å². The summed E-state index contributed by atoms with van der Waals surface area (Å²) in [5.41, 5.74) is 3.48. The molecule has 5 atom stereocenters. The Kier molecular flexibility index (Phi) is 6.02. The molecule has 2 aromatic rings. The molecule has 0 aliphatic carbocycles. The van der Waals surface area contributed by atoms with E-state index >= 15 is 0 Å². The van der Waals surface area contributed by atoms with Crippen molar-refractivity contribution in [3.05, 3.63) is 60.3 Å². The molecule has 0 amide bonds. The normalized spacial score (nSPS) is 26.9. The van der Waals surface area contributed by atoms with Gasteiger partial charge in [-0.1, -0.05) is 17.7 Å². The van der Waals surface area contributed by atoms with Crippen molar-refractivity contribution in [3.8, 4) is 5.75 Å². The van der Waals surface area contributed by atoms with E-state index in [4.69, 9.17) is 9.47 Å². The lowest BCUT2D eigenvalue weighted by atomic mass is 9.73. The van der Waals surface area contributed by atoms with Crippen molar-refractivity contribution < 1.29 is 9.47 Å². The lowest BCUT2D eigenvalue weighted by Gasteiger charge is -2.51. The second kappa shape index (κ2) is 8.68. The van der Waals surface area contributed by atoms with Crippen LogP contribution in [0.5, 0.6) is 5.75 Å². The van der Waals surface area contributed by atoms with Crippen LogP contribution in [0.25, 0.3) is 10.9 Å². The van der Waals surface area contributed by atoms with E-state index < -0.39 is 0 Å². The molecule has 0 saturated carbocycles. The first-order valence-electron chi connectivity index (χ1n) is 10.6. The lowest BCUT2D eigenvalue weighted by molar-refractivity contribution is -0.0685. The van der Waals surface area contributed by atoms with E-state index in [1.165, 1.54) is 17.6 Å². The van der Waals surface area contributed by atoms with Gasteiger partial charge in [0, 0.05) is 24.2 Å².